The molecule has 3 atom stereocenters. The molecule has 19 heavy (non-hydrogen) atoms. The maximum Gasteiger partial charge on any atom is 0.419 e. The van der Waals surface area contributed by atoms with Crippen LogP contribution in [0.25, 0.3) is 11.1 Å². The van der Waals surface area contributed by atoms with E-state index in [0.29, 0.717) is 23.3 Å². The molecule has 4 heteroatoms. The quantitative estimate of drug-likeness (QED) is 0.899. The van der Waals surface area contributed by atoms with Gasteiger partial charge in [-0.15, -0.1) is 0 Å². The van der Waals surface area contributed by atoms with Crippen molar-refractivity contribution < 1.29 is 9.52 Å². The van der Waals surface area contributed by atoms with E-state index in [1.807, 2.05) is 18.2 Å². The second-order valence-electron chi connectivity index (χ2n) is 5.93. The fourth-order valence-corrected chi connectivity index (χ4v) is 3.90. The molecule has 0 amide bonds. The Morgan fingerprint density at radius 3 is 2.84 bits per heavy atom. The van der Waals surface area contributed by atoms with Crippen LogP contribution < -0.4 is 5.76 Å². The molecule has 0 saturated heterocycles. The van der Waals surface area contributed by atoms with E-state index in [1.54, 1.807) is 7.05 Å². The van der Waals surface area contributed by atoms with E-state index < -0.39 is 6.10 Å². The number of aromatic nitrogens is 1. The SMILES string of the molecule is Cn1c(=O)oc2cc(C(O)C3C4CCCC43)ccc21. The highest BCUT2D eigenvalue weighted by molar-refractivity contribution is 5.73. The van der Waals surface area contributed by atoms with Crippen LogP contribution in [0, 0.1) is 17.8 Å². The summed E-state index contributed by atoms with van der Waals surface area (Å²) < 4.78 is 6.66. The molecule has 2 fully saturated rings. The molecule has 2 aromatic rings. The van der Waals surface area contributed by atoms with Crippen molar-refractivity contribution in [3.8, 4) is 0 Å². The second kappa shape index (κ2) is 3.73. The average Bonchev–Trinajstić information content (AvgIpc) is 2.76. The lowest BCUT2D eigenvalue weighted by molar-refractivity contribution is 0.137. The lowest BCUT2D eigenvalue weighted by Gasteiger charge is -2.12. The molecule has 1 aromatic carbocycles. The van der Waals surface area contributed by atoms with Gasteiger partial charge in [-0.1, -0.05) is 12.5 Å². The first-order valence-electron chi connectivity index (χ1n) is 6.94. The highest BCUT2D eigenvalue weighted by Crippen LogP contribution is 2.62. The van der Waals surface area contributed by atoms with Gasteiger partial charge < -0.3 is 9.52 Å². The first-order chi connectivity index (χ1) is 9.16. The van der Waals surface area contributed by atoms with E-state index in [0.717, 1.165) is 11.1 Å². The molecule has 0 aliphatic heterocycles. The zero-order valence-electron chi connectivity index (χ0n) is 10.9. The van der Waals surface area contributed by atoms with Crippen LogP contribution in [-0.2, 0) is 7.05 Å². The molecule has 4 rings (SSSR count). The molecule has 1 N–H and O–H groups in total. The smallest absolute Gasteiger partial charge is 0.408 e. The summed E-state index contributed by atoms with van der Waals surface area (Å²) in [6, 6.07) is 5.59. The predicted molar refractivity (Wildman–Crippen MR) is 70.7 cm³/mol. The Bertz CT molecular complexity index is 689. The maximum absolute atomic E-state index is 11.5. The van der Waals surface area contributed by atoms with Crippen LogP contribution in [0.3, 0.4) is 0 Å². The van der Waals surface area contributed by atoms with Crippen LogP contribution in [0.2, 0.25) is 0 Å². The van der Waals surface area contributed by atoms with Crippen molar-refractivity contribution in [3.05, 3.63) is 34.3 Å². The Hall–Kier alpha value is -1.55. The number of fused-ring (bicyclic) bond motifs is 2. The number of hydrogen-bond acceptors (Lipinski definition) is 3. The Labute approximate surface area is 110 Å². The summed E-state index contributed by atoms with van der Waals surface area (Å²) in [4.78, 5) is 11.5. The van der Waals surface area contributed by atoms with E-state index in [2.05, 4.69) is 0 Å². The fraction of sp³-hybridized carbons (Fsp3) is 0.533. The number of nitrogens with zero attached hydrogens (tertiary/aromatic N) is 1. The van der Waals surface area contributed by atoms with Gasteiger partial charge in [-0.2, -0.15) is 0 Å². The lowest BCUT2D eigenvalue weighted by atomic mass is 9.99. The molecule has 1 heterocycles. The summed E-state index contributed by atoms with van der Waals surface area (Å²) >= 11 is 0. The summed E-state index contributed by atoms with van der Waals surface area (Å²) in [7, 11) is 1.69. The third-order valence-electron chi connectivity index (χ3n) is 5.00. The summed E-state index contributed by atoms with van der Waals surface area (Å²) in [5.74, 6) is 1.49. The Kier molecular flexibility index (Phi) is 2.22. The van der Waals surface area contributed by atoms with Crippen molar-refractivity contribution >= 4 is 11.1 Å². The second-order valence-corrected chi connectivity index (χ2v) is 5.93. The maximum atomic E-state index is 11.5. The van der Waals surface area contributed by atoms with Gasteiger partial charge >= 0.3 is 5.76 Å². The van der Waals surface area contributed by atoms with Gasteiger partial charge in [-0.3, -0.25) is 4.57 Å². The van der Waals surface area contributed by atoms with Crippen molar-refractivity contribution in [2.75, 3.05) is 0 Å². The van der Waals surface area contributed by atoms with Crippen LogP contribution in [0.15, 0.2) is 27.4 Å². The molecular weight excluding hydrogens is 242 g/mol. The minimum absolute atomic E-state index is 0.357. The zero-order valence-corrected chi connectivity index (χ0v) is 10.9. The molecule has 3 unspecified atom stereocenters. The average molecular weight is 259 g/mol. The summed E-state index contributed by atoms with van der Waals surface area (Å²) in [5, 5.41) is 10.5. The van der Waals surface area contributed by atoms with E-state index in [4.69, 9.17) is 4.42 Å². The van der Waals surface area contributed by atoms with Crippen molar-refractivity contribution in [2.45, 2.75) is 25.4 Å². The largest absolute Gasteiger partial charge is 0.419 e. The summed E-state index contributed by atoms with van der Waals surface area (Å²) in [5.41, 5.74) is 2.22. The normalized spacial score (nSPS) is 30.5. The molecule has 4 nitrogen and oxygen atoms in total. The number of benzene rings is 1. The van der Waals surface area contributed by atoms with Gasteiger partial charge in [0, 0.05) is 7.05 Å². The molecule has 0 radical (unpaired) electrons. The minimum Gasteiger partial charge on any atom is -0.408 e. The monoisotopic (exact) mass is 259 g/mol. The lowest BCUT2D eigenvalue weighted by Crippen LogP contribution is -2.08. The topological polar surface area (TPSA) is 55.4 Å². The zero-order chi connectivity index (χ0) is 13.1. The summed E-state index contributed by atoms with van der Waals surface area (Å²) in [6.45, 7) is 0. The minimum atomic E-state index is -0.412. The highest BCUT2D eigenvalue weighted by Gasteiger charge is 2.55. The molecular formula is C15H17NO3. The van der Waals surface area contributed by atoms with Crippen molar-refractivity contribution in [3.63, 3.8) is 0 Å². The van der Waals surface area contributed by atoms with Crippen LogP contribution in [-0.4, -0.2) is 9.67 Å². The van der Waals surface area contributed by atoms with Crippen LogP contribution in [0.4, 0.5) is 0 Å². The van der Waals surface area contributed by atoms with Crippen LogP contribution >= 0.6 is 0 Å². The van der Waals surface area contributed by atoms with Crippen molar-refractivity contribution in [2.24, 2.45) is 24.8 Å². The van der Waals surface area contributed by atoms with Gasteiger partial charge in [0.05, 0.1) is 11.6 Å². The Balaban J connectivity index is 1.70. The number of oxazole rings is 1. The third-order valence-corrected chi connectivity index (χ3v) is 5.00. The third kappa shape index (κ3) is 1.53. The van der Waals surface area contributed by atoms with Crippen molar-refractivity contribution in [1.82, 2.24) is 4.57 Å². The Morgan fingerprint density at radius 1 is 1.37 bits per heavy atom. The number of aliphatic hydroxyl groups is 1. The molecule has 2 aliphatic carbocycles. The first-order valence-corrected chi connectivity index (χ1v) is 6.94. The standard InChI is InChI=1S/C15H17NO3/c1-16-11-6-5-8(7-12(11)19-15(16)18)14(17)13-9-3-2-4-10(9)13/h5-7,9-10,13-14,17H,2-4H2,1H3. The van der Waals surface area contributed by atoms with Crippen LogP contribution in [0.5, 0.6) is 0 Å². The molecule has 0 bridgehead atoms. The van der Waals surface area contributed by atoms with Gasteiger partial charge in [-0.25, -0.2) is 4.79 Å². The van der Waals surface area contributed by atoms with Crippen molar-refractivity contribution in [1.29, 1.82) is 0 Å². The number of rotatable bonds is 2. The van der Waals surface area contributed by atoms with Crippen LogP contribution in [0.1, 0.15) is 30.9 Å². The molecule has 1 aromatic heterocycles. The van der Waals surface area contributed by atoms with Gasteiger partial charge in [0.25, 0.3) is 0 Å². The van der Waals surface area contributed by atoms with Gasteiger partial charge in [0.2, 0.25) is 0 Å². The molecule has 2 aliphatic rings. The number of aryl methyl sites for hydroxylation is 1. The van der Waals surface area contributed by atoms with E-state index in [-0.39, 0.29) is 5.76 Å². The van der Waals surface area contributed by atoms with Gasteiger partial charge in [-0.05, 0) is 48.3 Å². The van der Waals surface area contributed by atoms with Gasteiger partial charge in [0.15, 0.2) is 5.58 Å². The predicted octanol–water partition coefficient (Wildman–Crippen LogP) is 2.21. The fourth-order valence-electron chi connectivity index (χ4n) is 3.90. The molecule has 100 valence electrons. The molecule has 2 saturated carbocycles. The van der Waals surface area contributed by atoms with Gasteiger partial charge in [0.1, 0.15) is 0 Å². The van der Waals surface area contributed by atoms with E-state index in [9.17, 15) is 9.90 Å². The first kappa shape index (κ1) is 11.3. The molecule has 0 spiro atoms. The Morgan fingerprint density at radius 2 is 2.11 bits per heavy atom. The van der Waals surface area contributed by atoms with E-state index >= 15 is 0 Å². The number of aliphatic hydroxyl groups excluding tert-OH is 1. The summed E-state index contributed by atoms with van der Waals surface area (Å²) in [6.07, 6.45) is 3.42. The van der Waals surface area contributed by atoms with E-state index in [1.165, 1.54) is 23.8 Å². The highest BCUT2D eigenvalue weighted by atomic mass is 16.4. The number of hydrogen-bond donors (Lipinski definition) is 1.